The van der Waals surface area contributed by atoms with Crippen molar-refractivity contribution in [1.29, 1.82) is 0 Å². The van der Waals surface area contributed by atoms with Crippen LogP contribution in [0.4, 0.5) is 61.5 Å². The Balaban J connectivity index is 0.000000165. The molecule has 8 aromatic heterocycles. The van der Waals surface area contributed by atoms with Crippen LogP contribution in [0.2, 0.25) is 15.2 Å². The fourth-order valence-electron chi connectivity index (χ4n) is 17.2. The van der Waals surface area contributed by atoms with Gasteiger partial charge < -0.3 is 9.31 Å². The number of aryl methyl sites for hydroxylation is 4. The van der Waals surface area contributed by atoms with E-state index in [1.165, 1.54) is 38.4 Å². The molecule has 17 rings (SSSR count). The van der Waals surface area contributed by atoms with Gasteiger partial charge in [-0.05, 0) is 143 Å². The average molecular weight is 1830 g/mol. The Labute approximate surface area is 714 Å². The Kier molecular flexibility index (Phi) is 22.9. The van der Waals surface area contributed by atoms with Crippen LogP contribution in [0.25, 0.3) is 55.4 Å². The van der Waals surface area contributed by atoms with Crippen molar-refractivity contribution in [3.05, 3.63) is 216 Å². The van der Waals surface area contributed by atoms with Gasteiger partial charge >= 0.3 is 19.5 Å². The van der Waals surface area contributed by atoms with Gasteiger partial charge in [0.2, 0.25) is 0 Å². The van der Waals surface area contributed by atoms with Gasteiger partial charge in [0.1, 0.15) is 52.9 Å². The molecule has 6 atom stereocenters. The summed E-state index contributed by atoms with van der Waals surface area (Å²) in [4.78, 5) is 37.3. The fourth-order valence-corrected chi connectivity index (χ4v) is 19.2. The molecule has 0 radical (unpaired) electrons. The second-order valence-electron chi connectivity index (χ2n) is 32.9. The van der Waals surface area contributed by atoms with E-state index in [0.717, 1.165) is 42.4 Å². The smallest absolute Gasteiger partial charge is 0.398 e. The average Bonchev–Trinajstić information content (AvgIpc) is 1.52. The van der Waals surface area contributed by atoms with Crippen LogP contribution in [-0.2, 0) is 128 Å². The topological polar surface area (TPSA) is 254 Å². The standard InChI is InChI=1S/C38H31ClF7N7O3S.C34H26Cl2F7N5O3S.C10H17BN2O2/c1-51-30(8-9-47-51)28-7-5-23(24-4-6-27(39)32-29(17-57(3,55)56)49-52(2)34(24)32)33(48-28)19(10-18-11-20(40)14-21(41)12-18)13-22(54)16-53-36-31(35(50-53)38(44,45)46)25-15-26(25)37(36,42)43;1-47-30-21(3-5-24(35)28(30)25(45-47)14-52(2,50)51)20-4-6-26(36)44-29(20)16(7-15-8-17(37)11-18(38)9-15)10-19(49)13-48-32-27(31(46-48)34(41,42)43)22-12-23(22)33(32,39)40;1-9(2)10(3,4)15-11(14-9)8-6-7-12-13(8)5/h4-9,11-12,14,19,25-26H,10,13,15-17H2,1-3H3;3-6,8-9,11,16,22-23H,7,10,12-14H2,1-2H3;6-7H,1-5H3/t19-,25+,26-;16-,22+,23-;/m11./s1. The van der Waals surface area contributed by atoms with Gasteiger partial charge in [0, 0.05) is 146 Å². The lowest BCUT2D eigenvalue weighted by Gasteiger charge is -2.32. The number of hydrogen-bond acceptors (Lipinski definition) is 16. The van der Waals surface area contributed by atoms with E-state index in [1.54, 1.807) is 68.4 Å². The van der Waals surface area contributed by atoms with Crippen molar-refractivity contribution < 1.29 is 97.2 Å². The van der Waals surface area contributed by atoms with Crippen molar-refractivity contribution in [2.45, 2.75) is 150 Å². The minimum atomic E-state index is -5.04. The first kappa shape index (κ1) is 88.9. The summed E-state index contributed by atoms with van der Waals surface area (Å²) >= 11 is 19.5. The number of aromatic nitrogens is 14. The number of sulfone groups is 2. The van der Waals surface area contributed by atoms with E-state index in [1.807, 2.05) is 40.8 Å². The van der Waals surface area contributed by atoms with Gasteiger partial charge in [-0.1, -0.05) is 53.0 Å². The zero-order valence-electron chi connectivity index (χ0n) is 67.3. The zero-order chi connectivity index (χ0) is 89.9. The van der Waals surface area contributed by atoms with Crippen molar-refractivity contribution >= 4 is 101 Å². The number of fused-ring (bicyclic) bond motifs is 8. The van der Waals surface area contributed by atoms with Gasteiger partial charge in [-0.25, -0.2) is 39.4 Å². The molecule has 0 unspecified atom stereocenters. The third-order valence-corrected chi connectivity index (χ3v) is 25.7. The molecule has 1 aliphatic heterocycles. The molecular formula is C82H74BCl3F14N14O8S2. The summed E-state index contributed by atoms with van der Waals surface area (Å²) in [6, 6.07) is 21.7. The monoisotopic (exact) mass is 1830 g/mol. The third-order valence-electron chi connectivity index (χ3n) is 23.2. The second kappa shape index (κ2) is 31.9. The summed E-state index contributed by atoms with van der Waals surface area (Å²) < 4.78 is 271. The summed E-state index contributed by atoms with van der Waals surface area (Å²) in [5.74, 6) is -20.2. The molecule has 2 saturated carbocycles. The number of rotatable bonds is 22. The Morgan fingerprint density at radius 2 is 0.919 bits per heavy atom. The highest BCUT2D eigenvalue weighted by Gasteiger charge is 2.70. The molecule has 0 bridgehead atoms. The van der Waals surface area contributed by atoms with Gasteiger partial charge in [-0.15, -0.1) is 0 Å². The van der Waals surface area contributed by atoms with Gasteiger partial charge in [-0.2, -0.15) is 74.5 Å². The van der Waals surface area contributed by atoms with E-state index in [4.69, 9.17) is 49.1 Å². The predicted molar refractivity (Wildman–Crippen MR) is 430 cm³/mol. The molecule has 0 N–H and O–H groups in total. The molecule has 5 aliphatic rings. The molecule has 22 nitrogen and oxygen atoms in total. The lowest BCUT2D eigenvalue weighted by molar-refractivity contribution is -0.143. The molecule has 12 aromatic rings. The molecule has 1 saturated heterocycles. The summed E-state index contributed by atoms with van der Waals surface area (Å²) in [5.41, 5.74) is -1.54. The van der Waals surface area contributed by atoms with Crippen LogP contribution in [0, 0.1) is 35.1 Å². The van der Waals surface area contributed by atoms with Crippen molar-refractivity contribution in [3.8, 4) is 33.6 Å². The van der Waals surface area contributed by atoms with Crippen molar-refractivity contribution in [1.82, 2.24) is 68.7 Å². The van der Waals surface area contributed by atoms with Crippen LogP contribution >= 0.6 is 34.8 Å². The molecular weight excluding hydrogens is 1760 g/mol. The number of carbonyl (C=O) groups is 2. The van der Waals surface area contributed by atoms with Crippen molar-refractivity contribution in [3.63, 3.8) is 0 Å². The number of ketones is 2. The molecule has 0 amide bonds. The number of hydrogen-bond donors (Lipinski definition) is 0. The van der Waals surface area contributed by atoms with Crippen LogP contribution in [0.15, 0.2) is 109 Å². The first-order valence-corrected chi connectivity index (χ1v) is 43.7. The quantitative estimate of drug-likeness (QED) is 0.0347. The minimum Gasteiger partial charge on any atom is -0.398 e. The van der Waals surface area contributed by atoms with Gasteiger partial charge in [-0.3, -0.25) is 42.7 Å². The maximum Gasteiger partial charge on any atom is 0.514 e. The summed E-state index contributed by atoms with van der Waals surface area (Å²) in [6.07, 6.45) is -6.53. The number of Topliss-reactive ketones (excluding diaryl/α,β-unsaturated/α-hetero) is 2. The van der Waals surface area contributed by atoms with Crippen LogP contribution in [0.1, 0.15) is 145 Å². The Morgan fingerprint density at radius 3 is 1.31 bits per heavy atom. The highest BCUT2D eigenvalue weighted by molar-refractivity contribution is 7.90. The molecule has 3 fully saturated rings. The number of benzene rings is 4. The van der Waals surface area contributed by atoms with E-state index in [2.05, 4.69) is 35.6 Å². The first-order chi connectivity index (χ1) is 57.8. The molecule has 4 aromatic carbocycles. The normalized spacial score (nSPS) is 18.8. The fraction of sp³-hybridized carbons (Fsp3) is 0.390. The largest absolute Gasteiger partial charge is 0.514 e. The number of carbonyl (C=O) groups excluding carboxylic acids is 2. The summed E-state index contributed by atoms with van der Waals surface area (Å²) in [6.45, 7) is 6.29. The zero-order valence-corrected chi connectivity index (χ0v) is 71.2. The Hall–Kier alpha value is -9.93. The number of halogens is 17. The molecule has 42 heteroatoms. The Bertz CT molecular complexity index is 6530. The predicted octanol–water partition coefficient (Wildman–Crippen LogP) is 16.8. The lowest BCUT2D eigenvalue weighted by Crippen LogP contribution is -2.41. The molecule has 124 heavy (non-hydrogen) atoms. The molecule has 4 aliphatic carbocycles. The highest BCUT2D eigenvalue weighted by atomic mass is 35.5. The van der Waals surface area contributed by atoms with Gasteiger partial charge in [0.25, 0.3) is 11.8 Å². The number of pyridine rings is 2. The minimum absolute atomic E-state index is 0.0480. The maximum atomic E-state index is 15.4. The SMILES string of the molecule is Cn1nc(CS(C)(=O)=O)c2c(Cl)ccc(-c3ccc(Cl)nc3[C@@H](CC(=O)Cn3nc(C(F)(F)F)c4c3C(F)(F)[C@@H]3C[C@H]43)Cc3cc(F)cc(F)c3)c21.Cn1nccc1-c1ccc(-c2ccc(Cl)c3c(CS(C)(=O)=O)nn(C)c23)c([C@@H](CC(=O)Cn2nc(C(F)(F)F)c3c2C(F)(F)[C@@H]2C[C@H]32)Cc2cc(F)cc(F)c2)n1.Cn1nccc1B1OC(C)(C)C(C)(C)O1. The maximum absolute atomic E-state index is 15.4. The first-order valence-electron chi connectivity index (χ1n) is 38.5. The van der Waals surface area contributed by atoms with Crippen LogP contribution < -0.4 is 5.59 Å². The van der Waals surface area contributed by atoms with Crippen LogP contribution in [-0.4, -0.2) is 128 Å². The second-order valence-corrected chi connectivity index (χ2v) is 38.4. The molecule has 0 spiro atoms. The van der Waals surface area contributed by atoms with Gasteiger partial charge in [0.05, 0.1) is 83.5 Å². The van der Waals surface area contributed by atoms with Crippen molar-refractivity contribution in [2.24, 2.45) is 40.0 Å². The highest BCUT2D eigenvalue weighted by Crippen LogP contribution is 2.70. The number of alkyl halides is 10. The van der Waals surface area contributed by atoms with Gasteiger partial charge in [0.15, 0.2) is 42.6 Å². The van der Waals surface area contributed by atoms with Crippen LogP contribution in [0.5, 0.6) is 0 Å². The molecule has 9 heterocycles. The lowest BCUT2D eigenvalue weighted by atomic mass is 9.85. The van der Waals surface area contributed by atoms with E-state index < -0.39 is 186 Å². The molecule has 654 valence electrons. The number of nitrogens with zero attached hydrogens (tertiary/aromatic N) is 14. The van der Waals surface area contributed by atoms with Crippen molar-refractivity contribution in [2.75, 3.05) is 12.5 Å². The summed E-state index contributed by atoms with van der Waals surface area (Å²) in [5, 5.41) is 25.1. The van der Waals surface area contributed by atoms with E-state index in [9.17, 15) is 70.3 Å². The third kappa shape index (κ3) is 17.3. The van der Waals surface area contributed by atoms with E-state index >= 15 is 17.6 Å². The summed E-state index contributed by atoms with van der Waals surface area (Å²) in [7, 11) is -0.750. The van der Waals surface area contributed by atoms with Crippen LogP contribution in [0.3, 0.4) is 0 Å². The van der Waals surface area contributed by atoms with E-state index in [0.29, 0.717) is 76.9 Å². The van der Waals surface area contributed by atoms with E-state index in [-0.39, 0.29) is 93.1 Å². The Morgan fingerprint density at radius 1 is 0.524 bits per heavy atom.